The van der Waals surface area contributed by atoms with Crippen LogP contribution in [0.5, 0.6) is 0 Å². The highest BCUT2D eigenvalue weighted by Gasteiger charge is 2.27. The van der Waals surface area contributed by atoms with E-state index >= 15 is 0 Å². The summed E-state index contributed by atoms with van der Waals surface area (Å²) < 4.78 is 33.8. The van der Waals surface area contributed by atoms with E-state index in [4.69, 9.17) is 16.0 Å². The van der Waals surface area contributed by atoms with Crippen LogP contribution in [0.15, 0.2) is 56.7 Å². The van der Waals surface area contributed by atoms with E-state index in [1.807, 2.05) is 18.2 Å². The summed E-state index contributed by atoms with van der Waals surface area (Å²) in [5, 5.41) is 1.00. The second-order valence-electron chi connectivity index (χ2n) is 6.29. The van der Waals surface area contributed by atoms with Crippen molar-refractivity contribution in [3.63, 3.8) is 0 Å². The first-order valence-corrected chi connectivity index (χ1v) is 10.2. The Hall–Kier alpha value is -2.09. The highest BCUT2D eigenvalue weighted by molar-refractivity contribution is 7.89. The number of benzene rings is 1. The summed E-state index contributed by atoms with van der Waals surface area (Å²) in [6.07, 6.45) is 3.10. The third-order valence-corrected chi connectivity index (χ3v) is 6.82. The van der Waals surface area contributed by atoms with Crippen LogP contribution in [0.25, 0.3) is 11.0 Å². The van der Waals surface area contributed by atoms with Crippen molar-refractivity contribution in [1.82, 2.24) is 8.87 Å². The quantitative estimate of drug-likeness (QED) is 0.684. The minimum Gasteiger partial charge on any atom is -0.444 e. The minimum absolute atomic E-state index is 0.114. The van der Waals surface area contributed by atoms with E-state index in [2.05, 4.69) is 0 Å². The summed E-state index contributed by atoms with van der Waals surface area (Å²) in [5.41, 5.74) is 0.980. The van der Waals surface area contributed by atoms with Crippen molar-refractivity contribution < 1.29 is 12.8 Å². The van der Waals surface area contributed by atoms with Gasteiger partial charge in [0.05, 0.1) is 11.4 Å². The second kappa shape index (κ2) is 6.57. The van der Waals surface area contributed by atoms with E-state index < -0.39 is 10.0 Å². The Morgan fingerprint density at radius 1 is 1.08 bits per heavy atom. The molecule has 1 fully saturated rings. The van der Waals surface area contributed by atoms with Crippen LogP contribution in [0.1, 0.15) is 18.4 Å². The Morgan fingerprint density at radius 3 is 2.58 bits per heavy atom. The first kappa shape index (κ1) is 17.3. The van der Waals surface area contributed by atoms with Crippen molar-refractivity contribution in [3.05, 3.63) is 63.7 Å². The largest absolute Gasteiger partial charge is 0.444 e. The fourth-order valence-corrected chi connectivity index (χ4v) is 5.03. The van der Waals surface area contributed by atoms with Gasteiger partial charge in [-0.25, -0.2) is 8.42 Å². The SMILES string of the molecule is O=c1ccc(S(=O)(=O)N2CCCC2)cn1Cc1c(Cl)oc2ccccc12. The van der Waals surface area contributed by atoms with Gasteiger partial charge in [-0.1, -0.05) is 18.2 Å². The van der Waals surface area contributed by atoms with E-state index in [1.54, 1.807) is 6.07 Å². The zero-order valence-electron chi connectivity index (χ0n) is 13.9. The summed E-state index contributed by atoms with van der Waals surface area (Å²) >= 11 is 6.19. The molecule has 4 rings (SSSR count). The fraction of sp³-hybridized carbons (Fsp3) is 0.278. The lowest BCUT2D eigenvalue weighted by Gasteiger charge is -2.16. The Labute approximate surface area is 155 Å². The summed E-state index contributed by atoms with van der Waals surface area (Å²) in [4.78, 5) is 12.4. The lowest BCUT2D eigenvalue weighted by molar-refractivity contribution is 0.476. The molecule has 6 nitrogen and oxygen atoms in total. The van der Waals surface area contributed by atoms with E-state index in [9.17, 15) is 13.2 Å². The molecule has 0 saturated carbocycles. The smallest absolute Gasteiger partial charge is 0.250 e. The molecule has 2 aromatic heterocycles. The molecular weight excluding hydrogens is 376 g/mol. The monoisotopic (exact) mass is 392 g/mol. The molecule has 1 aliphatic rings. The van der Waals surface area contributed by atoms with Crippen LogP contribution < -0.4 is 5.56 Å². The third-order valence-electron chi connectivity index (χ3n) is 4.64. The molecule has 3 aromatic rings. The van der Waals surface area contributed by atoms with Gasteiger partial charge in [-0.3, -0.25) is 4.79 Å². The highest BCUT2D eigenvalue weighted by Crippen LogP contribution is 2.30. The molecule has 0 amide bonds. The Kier molecular flexibility index (Phi) is 4.38. The molecule has 0 spiro atoms. The normalized spacial score (nSPS) is 15.7. The van der Waals surface area contributed by atoms with Crippen LogP contribution in [0, 0.1) is 0 Å². The molecule has 0 radical (unpaired) electrons. The molecule has 0 aliphatic carbocycles. The average Bonchev–Trinajstić information content (AvgIpc) is 3.26. The van der Waals surface area contributed by atoms with Crippen LogP contribution in [-0.2, 0) is 16.6 Å². The zero-order chi connectivity index (χ0) is 18.3. The van der Waals surface area contributed by atoms with Crippen LogP contribution in [-0.4, -0.2) is 30.4 Å². The predicted octanol–water partition coefficient (Wildman–Crippen LogP) is 3.08. The molecule has 26 heavy (non-hydrogen) atoms. The van der Waals surface area contributed by atoms with Crippen molar-refractivity contribution >= 4 is 32.6 Å². The molecule has 0 atom stereocenters. The maximum absolute atomic E-state index is 12.7. The summed E-state index contributed by atoms with van der Waals surface area (Å²) in [7, 11) is -3.59. The zero-order valence-corrected chi connectivity index (χ0v) is 15.5. The molecule has 8 heteroatoms. The Morgan fingerprint density at radius 2 is 1.81 bits per heavy atom. The van der Waals surface area contributed by atoms with Crippen LogP contribution in [0.4, 0.5) is 0 Å². The van der Waals surface area contributed by atoms with Gasteiger partial charge in [0.15, 0.2) is 5.22 Å². The first-order chi connectivity index (χ1) is 12.5. The third kappa shape index (κ3) is 2.96. The summed E-state index contributed by atoms with van der Waals surface area (Å²) in [5.74, 6) is 0. The number of para-hydroxylation sites is 1. The summed E-state index contributed by atoms with van der Waals surface area (Å²) in [6.45, 7) is 1.16. The number of hydrogen-bond acceptors (Lipinski definition) is 4. The molecule has 1 saturated heterocycles. The van der Waals surface area contributed by atoms with Gasteiger partial charge < -0.3 is 8.98 Å². The number of fused-ring (bicyclic) bond motifs is 1. The molecule has 0 N–H and O–H groups in total. The standard InChI is InChI=1S/C18H17ClN2O4S/c19-18-15(14-5-1-2-6-16(14)25-18)12-20-11-13(7-8-17(20)22)26(23,24)21-9-3-4-10-21/h1-2,5-8,11H,3-4,9-10,12H2. The van der Waals surface area contributed by atoms with Crippen molar-refractivity contribution in [2.24, 2.45) is 0 Å². The van der Waals surface area contributed by atoms with Gasteiger partial charge in [-0.2, -0.15) is 4.31 Å². The van der Waals surface area contributed by atoms with Gasteiger partial charge in [0.2, 0.25) is 10.0 Å². The van der Waals surface area contributed by atoms with E-state index in [-0.39, 0.29) is 22.2 Å². The molecule has 3 heterocycles. The van der Waals surface area contributed by atoms with Crippen molar-refractivity contribution in [2.75, 3.05) is 13.1 Å². The topological polar surface area (TPSA) is 72.5 Å². The number of aromatic nitrogens is 1. The average molecular weight is 393 g/mol. The molecule has 0 unspecified atom stereocenters. The van der Waals surface area contributed by atoms with E-state index in [0.717, 1.165) is 18.2 Å². The molecule has 1 aromatic carbocycles. The molecule has 136 valence electrons. The number of sulfonamides is 1. The second-order valence-corrected chi connectivity index (χ2v) is 8.57. The lowest BCUT2D eigenvalue weighted by Crippen LogP contribution is -2.29. The minimum atomic E-state index is -3.59. The van der Waals surface area contributed by atoms with Gasteiger partial charge in [0.25, 0.3) is 5.56 Å². The van der Waals surface area contributed by atoms with E-state index in [1.165, 1.54) is 27.2 Å². The first-order valence-electron chi connectivity index (χ1n) is 8.33. The number of furan rings is 1. The number of nitrogens with zero attached hydrogens (tertiary/aromatic N) is 2. The number of hydrogen-bond donors (Lipinski definition) is 0. The fourth-order valence-electron chi connectivity index (χ4n) is 3.25. The van der Waals surface area contributed by atoms with Crippen LogP contribution in [0.3, 0.4) is 0 Å². The Balaban J connectivity index is 1.75. The number of pyridine rings is 1. The molecular formula is C18H17ClN2O4S. The molecule has 1 aliphatic heterocycles. The lowest BCUT2D eigenvalue weighted by atomic mass is 10.2. The van der Waals surface area contributed by atoms with Gasteiger partial charge >= 0.3 is 0 Å². The van der Waals surface area contributed by atoms with Gasteiger partial charge in [-0.05, 0) is 36.6 Å². The van der Waals surface area contributed by atoms with E-state index in [0.29, 0.717) is 24.2 Å². The van der Waals surface area contributed by atoms with Gasteiger partial charge in [0, 0.05) is 36.3 Å². The molecule has 0 bridgehead atoms. The summed E-state index contributed by atoms with van der Waals surface area (Å²) in [6, 6.07) is 9.98. The van der Waals surface area contributed by atoms with Crippen molar-refractivity contribution in [3.8, 4) is 0 Å². The number of rotatable bonds is 4. The van der Waals surface area contributed by atoms with Crippen LogP contribution >= 0.6 is 11.6 Å². The van der Waals surface area contributed by atoms with Crippen molar-refractivity contribution in [2.45, 2.75) is 24.3 Å². The maximum atomic E-state index is 12.7. The van der Waals surface area contributed by atoms with Crippen molar-refractivity contribution in [1.29, 1.82) is 0 Å². The van der Waals surface area contributed by atoms with Gasteiger partial charge in [-0.15, -0.1) is 0 Å². The van der Waals surface area contributed by atoms with Crippen LogP contribution in [0.2, 0.25) is 5.22 Å². The maximum Gasteiger partial charge on any atom is 0.250 e. The highest BCUT2D eigenvalue weighted by atomic mass is 35.5. The predicted molar refractivity (Wildman–Crippen MR) is 99.0 cm³/mol. The number of halogens is 1. The van der Waals surface area contributed by atoms with Gasteiger partial charge in [0.1, 0.15) is 5.58 Å². The Bertz CT molecular complexity index is 1130.